The van der Waals surface area contributed by atoms with Crippen LogP contribution in [0.3, 0.4) is 0 Å². The summed E-state index contributed by atoms with van der Waals surface area (Å²) >= 11 is 5.00. The maximum absolute atomic E-state index is 12.5. The number of allylic oxidation sites excluding steroid dienone is 1. The second-order valence-corrected chi connectivity index (χ2v) is 7.42. The summed E-state index contributed by atoms with van der Waals surface area (Å²) in [7, 11) is -5.42. The van der Waals surface area contributed by atoms with Crippen LogP contribution in [-0.2, 0) is 9.84 Å². The third-order valence-electron chi connectivity index (χ3n) is 3.29. The first-order valence-electron chi connectivity index (χ1n) is 6.64. The summed E-state index contributed by atoms with van der Waals surface area (Å²) in [5.74, 6) is -0.218. The molecule has 2 rings (SSSR count). The molecule has 0 atom stereocenters. The van der Waals surface area contributed by atoms with Crippen molar-refractivity contribution in [1.82, 2.24) is 0 Å². The van der Waals surface area contributed by atoms with Gasteiger partial charge in [0.15, 0.2) is 0 Å². The highest BCUT2D eigenvalue weighted by Gasteiger charge is 2.46. The average Bonchev–Trinajstić information content (AvgIpc) is 3.31. The van der Waals surface area contributed by atoms with Crippen LogP contribution >= 0.6 is 12.2 Å². The van der Waals surface area contributed by atoms with Gasteiger partial charge in [-0.15, -0.1) is 0 Å². The fourth-order valence-corrected chi connectivity index (χ4v) is 2.86. The molecule has 0 bridgehead atoms. The SMILES string of the molecule is N#CC(C(=S)Nc1ccc(S(=O)(=O)C(F)(F)F)cc1)=C(O)C1CC1. The van der Waals surface area contributed by atoms with Gasteiger partial charge in [0, 0.05) is 11.6 Å². The minimum Gasteiger partial charge on any atom is -0.511 e. The number of nitrogens with one attached hydrogen (secondary N) is 1. The van der Waals surface area contributed by atoms with Gasteiger partial charge in [-0.1, -0.05) is 12.2 Å². The third kappa shape index (κ3) is 3.68. The van der Waals surface area contributed by atoms with Gasteiger partial charge in [-0.05, 0) is 37.1 Å². The van der Waals surface area contributed by atoms with E-state index in [1.165, 1.54) is 0 Å². The molecule has 2 N–H and O–H groups in total. The smallest absolute Gasteiger partial charge is 0.501 e. The monoisotopic (exact) mass is 376 g/mol. The normalized spacial score (nSPS) is 16.1. The van der Waals surface area contributed by atoms with Crippen molar-refractivity contribution in [3.05, 3.63) is 35.6 Å². The molecule has 1 aromatic rings. The van der Waals surface area contributed by atoms with Crippen molar-refractivity contribution in [2.75, 3.05) is 5.32 Å². The van der Waals surface area contributed by atoms with Crippen LogP contribution in [0, 0.1) is 17.2 Å². The summed E-state index contributed by atoms with van der Waals surface area (Å²) in [6, 6.07) is 5.53. The van der Waals surface area contributed by atoms with E-state index in [2.05, 4.69) is 5.32 Å². The van der Waals surface area contributed by atoms with Gasteiger partial charge in [-0.2, -0.15) is 18.4 Å². The minimum atomic E-state index is -5.42. The van der Waals surface area contributed by atoms with Crippen LogP contribution in [0.2, 0.25) is 0 Å². The predicted octanol–water partition coefficient (Wildman–Crippen LogP) is 3.47. The number of sulfone groups is 1. The molecule has 1 aromatic carbocycles. The van der Waals surface area contributed by atoms with E-state index in [0.29, 0.717) is 0 Å². The molecule has 0 aliphatic heterocycles. The van der Waals surface area contributed by atoms with Gasteiger partial charge in [0.1, 0.15) is 22.4 Å². The number of halogens is 3. The Bertz CT molecular complexity index is 834. The highest BCUT2D eigenvalue weighted by Crippen LogP contribution is 2.36. The standard InChI is InChI=1S/C14H11F3N2O3S2/c15-14(16,17)24(21,22)10-5-3-9(4-6-10)19-13(23)11(7-18)12(20)8-1-2-8/h3-6,8,20H,1-2H2,(H,19,23). The van der Waals surface area contributed by atoms with Gasteiger partial charge in [0.05, 0.1) is 4.90 Å². The van der Waals surface area contributed by atoms with Crippen LogP contribution in [0.4, 0.5) is 18.9 Å². The Morgan fingerprint density at radius 1 is 1.29 bits per heavy atom. The number of hydrogen-bond acceptors (Lipinski definition) is 5. The fourth-order valence-electron chi connectivity index (χ4n) is 1.83. The number of aliphatic hydroxyl groups is 1. The van der Waals surface area contributed by atoms with Crippen molar-refractivity contribution in [2.45, 2.75) is 23.2 Å². The number of aliphatic hydroxyl groups excluding tert-OH is 1. The molecule has 0 unspecified atom stereocenters. The van der Waals surface area contributed by atoms with Gasteiger partial charge in [0.25, 0.3) is 9.84 Å². The quantitative estimate of drug-likeness (QED) is 0.362. The Morgan fingerprint density at radius 3 is 2.25 bits per heavy atom. The van der Waals surface area contributed by atoms with Gasteiger partial charge in [0.2, 0.25) is 0 Å². The van der Waals surface area contributed by atoms with Crippen molar-refractivity contribution in [2.24, 2.45) is 5.92 Å². The Balaban J connectivity index is 2.19. The number of hydrogen-bond donors (Lipinski definition) is 2. The van der Waals surface area contributed by atoms with Crippen molar-refractivity contribution in [1.29, 1.82) is 5.26 Å². The molecule has 5 nitrogen and oxygen atoms in total. The van der Waals surface area contributed by atoms with Gasteiger partial charge < -0.3 is 10.4 Å². The van der Waals surface area contributed by atoms with Crippen molar-refractivity contribution >= 4 is 32.7 Å². The van der Waals surface area contributed by atoms with Crippen molar-refractivity contribution < 1.29 is 26.7 Å². The van der Waals surface area contributed by atoms with Gasteiger partial charge in [-0.25, -0.2) is 8.42 Å². The van der Waals surface area contributed by atoms with E-state index < -0.39 is 20.2 Å². The molecule has 1 fully saturated rings. The average molecular weight is 376 g/mol. The lowest BCUT2D eigenvalue weighted by molar-refractivity contribution is -0.0436. The second kappa shape index (κ2) is 6.41. The summed E-state index contributed by atoms with van der Waals surface area (Å²) < 4.78 is 59.9. The van der Waals surface area contributed by atoms with Crippen LogP contribution in [-0.4, -0.2) is 24.0 Å². The number of nitrogens with zero attached hydrogens (tertiary/aromatic N) is 1. The molecule has 10 heteroatoms. The summed E-state index contributed by atoms with van der Waals surface area (Å²) in [6.45, 7) is 0. The Morgan fingerprint density at radius 2 is 1.83 bits per heavy atom. The molecule has 0 heterocycles. The zero-order valence-corrected chi connectivity index (χ0v) is 13.6. The van der Waals surface area contributed by atoms with E-state index in [9.17, 15) is 26.7 Å². The molecular formula is C14H11F3N2O3S2. The lowest BCUT2D eigenvalue weighted by atomic mass is 10.2. The van der Waals surface area contributed by atoms with Gasteiger partial charge >= 0.3 is 5.51 Å². The van der Waals surface area contributed by atoms with E-state index in [1.807, 2.05) is 0 Å². The summed E-state index contributed by atoms with van der Waals surface area (Å²) in [5, 5.41) is 21.5. The highest BCUT2D eigenvalue weighted by molar-refractivity contribution is 7.92. The van der Waals surface area contributed by atoms with Gasteiger partial charge in [-0.3, -0.25) is 0 Å². The summed E-state index contributed by atoms with van der Waals surface area (Å²) in [5.41, 5.74) is -5.30. The van der Waals surface area contributed by atoms with E-state index in [1.54, 1.807) is 6.07 Å². The van der Waals surface area contributed by atoms with Crippen LogP contribution < -0.4 is 5.32 Å². The second-order valence-electron chi connectivity index (χ2n) is 5.07. The maximum atomic E-state index is 12.5. The molecule has 0 saturated heterocycles. The first kappa shape index (κ1) is 18.2. The molecule has 1 saturated carbocycles. The van der Waals surface area contributed by atoms with E-state index in [0.717, 1.165) is 37.1 Å². The topological polar surface area (TPSA) is 90.2 Å². The van der Waals surface area contributed by atoms with Crippen molar-refractivity contribution in [3.8, 4) is 6.07 Å². The Kier molecular flexibility index (Phi) is 4.87. The Labute approximate surface area is 141 Å². The number of thiocarbonyl (C=S) groups is 1. The van der Waals surface area contributed by atoms with E-state index >= 15 is 0 Å². The molecule has 0 amide bonds. The maximum Gasteiger partial charge on any atom is 0.501 e. The third-order valence-corrected chi connectivity index (χ3v) is 5.09. The Hall–Kier alpha value is -2.12. The lowest BCUT2D eigenvalue weighted by Crippen LogP contribution is -2.23. The first-order valence-corrected chi connectivity index (χ1v) is 8.53. The molecule has 0 spiro atoms. The van der Waals surface area contributed by atoms with Crippen LogP contribution in [0.1, 0.15) is 12.8 Å². The molecule has 1 aliphatic carbocycles. The van der Waals surface area contributed by atoms with Crippen LogP contribution in [0.15, 0.2) is 40.5 Å². The predicted molar refractivity (Wildman–Crippen MR) is 83.9 cm³/mol. The molecule has 0 radical (unpaired) electrons. The van der Waals surface area contributed by atoms with Crippen LogP contribution in [0.5, 0.6) is 0 Å². The van der Waals surface area contributed by atoms with E-state index in [4.69, 9.17) is 17.5 Å². The fraction of sp³-hybridized carbons (Fsp3) is 0.286. The number of nitriles is 1. The first-order chi connectivity index (χ1) is 11.1. The highest BCUT2D eigenvalue weighted by atomic mass is 32.2. The zero-order chi connectivity index (χ0) is 18.1. The molecule has 0 aromatic heterocycles. The zero-order valence-electron chi connectivity index (χ0n) is 12.0. The summed E-state index contributed by atoms with van der Waals surface area (Å²) in [4.78, 5) is -0.989. The number of alkyl halides is 3. The minimum absolute atomic E-state index is 0.0895. The summed E-state index contributed by atoms with van der Waals surface area (Å²) in [6.07, 6.45) is 1.51. The number of rotatable bonds is 4. The number of benzene rings is 1. The van der Waals surface area contributed by atoms with Crippen LogP contribution in [0.25, 0.3) is 0 Å². The lowest BCUT2D eigenvalue weighted by Gasteiger charge is -2.11. The molecular weight excluding hydrogens is 365 g/mol. The molecule has 128 valence electrons. The number of anilines is 1. The van der Waals surface area contributed by atoms with Crippen molar-refractivity contribution in [3.63, 3.8) is 0 Å². The molecule has 1 aliphatic rings. The largest absolute Gasteiger partial charge is 0.511 e. The van der Waals surface area contributed by atoms with E-state index in [-0.39, 0.29) is 27.9 Å². The molecule has 24 heavy (non-hydrogen) atoms.